The lowest BCUT2D eigenvalue weighted by molar-refractivity contribution is -0.137. The van der Waals surface area contributed by atoms with Crippen molar-refractivity contribution < 1.29 is 22.7 Å². The Labute approximate surface area is 187 Å². The molecule has 0 saturated heterocycles. The molecule has 1 fully saturated rings. The Hall–Kier alpha value is -3.75. The van der Waals surface area contributed by atoms with Crippen molar-refractivity contribution in [3.8, 4) is 5.75 Å². The van der Waals surface area contributed by atoms with Crippen molar-refractivity contribution >= 4 is 22.5 Å². The number of fused-ring (bicyclic) bond motifs is 1. The highest BCUT2D eigenvalue weighted by atomic mass is 19.4. The molecule has 1 aliphatic carbocycles. The number of hydrogen-bond acceptors (Lipinski definition) is 3. The van der Waals surface area contributed by atoms with E-state index in [2.05, 4.69) is 15.3 Å². The van der Waals surface area contributed by atoms with Crippen molar-refractivity contribution in [2.75, 3.05) is 5.32 Å². The zero-order chi connectivity index (χ0) is 23.2. The highest BCUT2D eigenvalue weighted by Gasteiger charge is 2.34. The molecular formula is C24H21F3N4O2. The number of halogens is 3. The average Bonchev–Trinajstić information content (AvgIpc) is 3.36. The molecule has 170 valence electrons. The first-order valence-electron chi connectivity index (χ1n) is 10.5. The van der Waals surface area contributed by atoms with Crippen LogP contribution in [0.3, 0.4) is 0 Å². The summed E-state index contributed by atoms with van der Waals surface area (Å²) in [6.45, 7) is 0. The number of H-pyrrole nitrogens is 1. The standard InChI is InChI=1S/C24H21F3N4O2/c1-31-9-8-28-22(31)23(32)30-21-13-29-20-7-6-17(12-19(20)21)33-18-10-15(11-18)14-2-4-16(5-3-14)24(25,26)27/h2-9,12-13,15,18,29H,10-11H2,1H3,(H,30,32)/t15-,18+. The molecule has 2 N–H and O–H groups in total. The van der Waals surface area contributed by atoms with Crippen molar-refractivity contribution in [1.29, 1.82) is 0 Å². The molecule has 2 aromatic carbocycles. The fourth-order valence-corrected chi connectivity index (χ4v) is 4.11. The number of aryl methyl sites for hydroxylation is 1. The van der Waals surface area contributed by atoms with Gasteiger partial charge in [0, 0.05) is 36.5 Å². The third kappa shape index (κ3) is 4.18. The minimum atomic E-state index is -4.32. The van der Waals surface area contributed by atoms with Gasteiger partial charge < -0.3 is 19.6 Å². The van der Waals surface area contributed by atoms with Crippen molar-refractivity contribution in [2.24, 2.45) is 7.05 Å². The van der Waals surface area contributed by atoms with Gasteiger partial charge in [-0.15, -0.1) is 0 Å². The maximum absolute atomic E-state index is 12.7. The first kappa shape index (κ1) is 21.1. The van der Waals surface area contributed by atoms with Gasteiger partial charge in [0.1, 0.15) is 5.75 Å². The summed E-state index contributed by atoms with van der Waals surface area (Å²) in [5.41, 5.74) is 1.74. The van der Waals surface area contributed by atoms with E-state index in [1.807, 2.05) is 18.2 Å². The van der Waals surface area contributed by atoms with Crippen molar-refractivity contribution in [3.63, 3.8) is 0 Å². The van der Waals surface area contributed by atoms with Crippen LogP contribution in [0.15, 0.2) is 61.1 Å². The minimum absolute atomic E-state index is 0.0145. The minimum Gasteiger partial charge on any atom is -0.490 e. The van der Waals surface area contributed by atoms with Gasteiger partial charge in [0.2, 0.25) is 0 Å². The third-order valence-corrected chi connectivity index (χ3v) is 6.03. The van der Waals surface area contributed by atoms with Crippen LogP contribution in [-0.2, 0) is 13.2 Å². The Balaban J connectivity index is 1.24. The summed E-state index contributed by atoms with van der Waals surface area (Å²) in [4.78, 5) is 19.7. The van der Waals surface area contributed by atoms with E-state index in [0.29, 0.717) is 17.3 Å². The fraction of sp³-hybridized carbons (Fsp3) is 0.250. The molecule has 6 nitrogen and oxygen atoms in total. The van der Waals surface area contributed by atoms with Crippen LogP contribution in [0.25, 0.3) is 10.9 Å². The molecule has 1 aliphatic rings. The van der Waals surface area contributed by atoms with Gasteiger partial charge in [0.05, 0.1) is 17.4 Å². The van der Waals surface area contributed by atoms with Crippen molar-refractivity contribution in [1.82, 2.24) is 14.5 Å². The number of carbonyl (C=O) groups excluding carboxylic acids is 1. The molecule has 0 spiro atoms. The molecule has 0 unspecified atom stereocenters. The predicted octanol–water partition coefficient (Wildman–Crippen LogP) is 5.50. The third-order valence-electron chi connectivity index (χ3n) is 6.03. The van der Waals surface area contributed by atoms with Gasteiger partial charge >= 0.3 is 6.18 Å². The van der Waals surface area contributed by atoms with E-state index in [1.54, 1.807) is 42.3 Å². The number of hydrogen-bond donors (Lipinski definition) is 2. The van der Waals surface area contributed by atoms with Crippen LogP contribution in [0.4, 0.5) is 18.9 Å². The maximum atomic E-state index is 12.7. The van der Waals surface area contributed by atoms with Gasteiger partial charge in [-0.1, -0.05) is 12.1 Å². The first-order chi connectivity index (χ1) is 15.8. The molecule has 5 rings (SSSR count). The average molecular weight is 454 g/mol. The van der Waals surface area contributed by atoms with Crippen molar-refractivity contribution in [3.05, 3.63) is 78.0 Å². The number of aromatic nitrogens is 3. The topological polar surface area (TPSA) is 71.9 Å². The van der Waals surface area contributed by atoms with E-state index in [0.717, 1.165) is 41.4 Å². The van der Waals surface area contributed by atoms with Crippen LogP contribution in [0, 0.1) is 0 Å². The number of alkyl halides is 3. The Morgan fingerprint density at radius 3 is 2.61 bits per heavy atom. The van der Waals surface area contributed by atoms with Crippen LogP contribution < -0.4 is 10.1 Å². The molecule has 33 heavy (non-hydrogen) atoms. The number of carbonyl (C=O) groups is 1. The lowest BCUT2D eigenvalue weighted by Gasteiger charge is -2.35. The molecule has 0 aliphatic heterocycles. The van der Waals surface area contributed by atoms with Gasteiger partial charge in [-0.3, -0.25) is 4.79 Å². The number of rotatable bonds is 5. The first-order valence-corrected chi connectivity index (χ1v) is 10.5. The largest absolute Gasteiger partial charge is 0.490 e. The second-order valence-electron chi connectivity index (χ2n) is 8.25. The number of anilines is 1. The lowest BCUT2D eigenvalue weighted by Crippen LogP contribution is -2.32. The van der Waals surface area contributed by atoms with E-state index in [-0.39, 0.29) is 17.9 Å². The number of benzene rings is 2. The van der Waals surface area contributed by atoms with Gasteiger partial charge in [-0.25, -0.2) is 4.98 Å². The Bertz CT molecular complexity index is 1300. The summed E-state index contributed by atoms with van der Waals surface area (Å²) in [7, 11) is 1.75. The van der Waals surface area contributed by atoms with Gasteiger partial charge in [0.25, 0.3) is 5.91 Å². The summed E-state index contributed by atoms with van der Waals surface area (Å²) in [6, 6.07) is 11.0. The molecule has 0 bridgehead atoms. The molecule has 2 aromatic heterocycles. The van der Waals surface area contributed by atoms with Gasteiger partial charge in [-0.05, 0) is 54.7 Å². The van der Waals surface area contributed by atoms with E-state index >= 15 is 0 Å². The Morgan fingerprint density at radius 1 is 1.18 bits per heavy atom. The number of imidazole rings is 1. The van der Waals surface area contributed by atoms with Crippen LogP contribution in [0.5, 0.6) is 5.75 Å². The molecule has 2 heterocycles. The summed E-state index contributed by atoms with van der Waals surface area (Å²) < 4.78 is 46.0. The normalized spacial score (nSPS) is 18.2. The Morgan fingerprint density at radius 2 is 1.94 bits per heavy atom. The monoisotopic (exact) mass is 454 g/mol. The van der Waals surface area contributed by atoms with Crippen LogP contribution >= 0.6 is 0 Å². The Kier molecular flexibility index (Phi) is 5.11. The molecule has 0 atom stereocenters. The number of ether oxygens (including phenoxy) is 1. The van der Waals surface area contributed by atoms with E-state index < -0.39 is 11.7 Å². The second-order valence-corrected chi connectivity index (χ2v) is 8.25. The fourth-order valence-electron chi connectivity index (χ4n) is 4.11. The summed E-state index contributed by atoms with van der Waals surface area (Å²) in [5, 5.41) is 3.68. The van der Waals surface area contributed by atoms with Crippen molar-refractivity contribution in [2.45, 2.75) is 31.0 Å². The molecule has 4 aromatic rings. The zero-order valence-corrected chi connectivity index (χ0v) is 17.7. The van der Waals surface area contributed by atoms with E-state index in [9.17, 15) is 18.0 Å². The van der Waals surface area contributed by atoms with Crippen LogP contribution in [-0.4, -0.2) is 26.5 Å². The molecule has 9 heteroatoms. The van der Waals surface area contributed by atoms with E-state index in [1.165, 1.54) is 0 Å². The van der Waals surface area contributed by atoms with Crippen LogP contribution in [0.1, 0.15) is 40.5 Å². The van der Waals surface area contributed by atoms with Gasteiger partial charge in [-0.2, -0.15) is 13.2 Å². The van der Waals surface area contributed by atoms with Gasteiger partial charge in [0.15, 0.2) is 5.82 Å². The number of nitrogens with zero attached hydrogens (tertiary/aromatic N) is 2. The lowest BCUT2D eigenvalue weighted by atomic mass is 9.77. The predicted molar refractivity (Wildman–Crippen MR) is 117 cm³/mol. The molecule has 0 radical (unpaired) electrons. The number of aromatic amines is 1. The number of amides is 1. The molecular weight excluding hydrogens is 433 g/mol. The second kappa shape index (κ2) is 7.99. The highest BCUT2D eigenvalue weighted by molar-refractivity contribution is 6.07. The summed E-state index contributed by atoms with van der Waals surface area (Å²) >= 11 is 0. The SMILES string of the molecule is Cn1ccnc1C(=O)Nc1c[nH]c2ccc(O[C@H]3C[C@@H](c4ccc(C(F)(F)F)cc4)C3)cc12. The quantitative estimate of drug-likeness (QED) is 0.418. The molecule has 1 saturated carbocycles. The molecule has 1 amide bonds. The summed E-state index contributed by atoms with van der Waals surface area (Å²) in [6.07, 6.45) is 2.12. The zero-order valence-electron chi connectivity index (χ0n) is 17.7. The van der Waals surface area contributed by atoms with Crippen LogP contribution in [0.2, 0.25) is 0 Å². The summed E-state index contributed by atoms with van der Waals surface area (Å²) in [5.74, 6) is 0.847. The smallest absolute Gasteiger partial charge is 0.416 e. The maximum Gasteiger partial charge on any atom is 0.416 e. The number of nitrogens with one attached hydrogen (secondary N) is 2. The van der Waals surface area contributed by atoms with E-state index in [4.69, 9.17) is 4.74 Å². The highest BCUT2D eigenvalue weighted by Crippen LogP contribution is 2.41.